The lowest BCUT2D eigenvalue weighted by Crippen LogP contribution is -2.32. The highest BCUT2D eigenvalue weighted by atomic mass is 16.1. The third-order valence-corrected chi connectivity index (χ3v) is 2.80. The Bertz CT molecular complexity index is 151. The van der Waals surface area contributed by atoms with Gasteiger partial charge in [-0.1, -0.05) is 0 Å². The number of nitrogens with one attached hydrogen (secondary N) is 1. The quantitative estimate of drug-likeness (QED) is 0.634. The minimum absolute atomic E-state index is 0.200. The molecule has 1 aliphatic rings. The number of hydrogen-bond donors (Lipinski definition) is 2. The third-order valence-electron chi connectivity index (χ3n) is 2.80. The van der Waals surface area contributed by atoms with Crippen LogP contribution in [0.25, 0.3) is 0 Å². The van der Waals surface area contributed by atoms with Crippen LogP contribution in [0.3, 0.4) is 0 Å². The van der Waals surface area contributed by atoms with Gasteiger partial charge in [-0.3, -0.25) is 4.79 Å². The summed E-state index contributed by atoms with van der Waals surface area (Å²) in [6.07, 6.45) is 4.27. The van der Waals surface area contributed by atoms with E-state index in [9.17, 15) is 4.79 Å². The van der Waals surface area contributed by atoms with Crippen LogP contribution in [0.2, 0.25) is 0 Å². The van der Waals surface area contributed by atoms with Crippen LogP contribution in [0.15, 0.2) is 0 Å². The summed E-state index contributed by atoms with van der Waals surface area (Å²) >= 11 is 0. The molecule has 0 aromatic rings. The summed E-state index contributed by atoms with van der Waals surface area (Å²) < 4.78 is 0. The lowest BCUT2D eigenvalue weighted by molar-refractivity contribution is -0.125. The molecular formula is C9H18N2O. The van der Waals surface area contributed by atoms with Crippen molar-refractivity contribution in [1.29, 1.82) is 0 Å². The van der Waals surface area contributed by atoms with Crippen LogP contribution < -0.4 is 11.1 Å². The summed E-state index contributed by atoms with van der Waals surface area (Å²) in [4.78, 5) is 11.2. The molecule has 3 N–H and O–H groups in total. The highest BCUT2D eigenvalue weighted by Gasteiger charge is 2.24. The second-order valence-corrected chi connectivity index (χ2v) is 3.57. The Balaban J connectivity index is 2.30. The van der Waals surface area contributed by atoms with Crippen molar-refractivity contribution in [3.63, 3.8) is 0 Å². The summed E-state index contributed by atoms with van der Waals surface area (Å²) in [7, 11) is 1.71. The summed E-state index contributed by atoms with van der Waals surface area (Å²) in [6, 6.07) is 0. The molecule has 0 spiro atoms. The fourth-order valence-electron chi connectivity index (χ4n) is 1.86. The molecule has 12 heavy (non-hydrogen) atoms. The van der Waals surface area contributed by atoms with E-state index in [2.05, 4.69) is 5.32 Å². The van der Waals surface area contributed by atoms with Crippen molar-refractivity contribution in [1.82, 2.24) is 5.32 Å². The molecular weight excluding hydrogens is 152 g/mol. The molecule has 0 heterocycles. The van der Waals surface area contributed by atoms with E-state index in [0.29, 0.717) is 5.92 Å². The van der Waals surface area contributed by atoms with Gasteiger partial charge in [-0.2, -0.15) is 0 Å². The molecule has 1 aliphatic carbocycles. The molecule has 0 saturated heterocycles. The molecule has 1 rings (SSSR count). The van der Waals surface area contributed by atoms with Crippen LogP contribution in [0, 0.1) is 11.8 Å². The van der Waals surface area contributed by atoms with Crippen LogP contribution in [0.1, 0.15) is 25.7 Å². The molecule has 0 aromatic carbocycles. The minimum atomic E-state index is 0.200. The van der Waals surface area contributed by atoms with Crippen LogP contribution in [-0.2, 0) is 4.79 Å². The first kappa shape index (κ1) is 9.52. The highest BCUT2D eigenvalue weighted by molar-refractivity contribution is 5.78. The van der Waals surface area contributed by atoms with E-state index < -0.39 is 0 Å². The fourth-order valence-corrected chi connectivity index (χ4v) is 1.86. The van der Waals surface area contributed by atoms with Crippen molar-refractivity contribution < 1.29 is 4.79 Å². The standard InChI is InChI=1S/C9H18N2O/c1-11-9(12)8-4-2-7(6-10)3-5-8/h7-8H,2-6,10H2,1H3,(H,11,12)/t7-,8-. The second-order valence-electron chi connectivity index (χ2n) is 3.57. The molecule has 0 unspecified atom stereocenters. The normalized spacial score (nSPS) is 29.8. The smallest absolute Gasteiger partial charge is 0.222 e. The molecule has 0 atom stereocenters. The Hall–Kier alpha value is -0.570. The largest absolute Gasteiger partial charge is 0.359 e. The van der Waals surface area contributed by atoms with Gasteiger partial charge in [0.15, 0.2) is 0 Å². The van der Waals surface area contributed by atoms with Gasteiger partial charge in [-0.25, -0.2) is 0 Å². The van der Waals surface area contributed by atoms with Crippen LogP contribution >= 0.6 is 0 Å². The molecule has 0 bridgehead atoms. The Kier molecular flexibility index (Phi) is 3.53. The lowest BCUT2D eigenvalue weighted by Gasteiger charge is -2.26. The first-order valence-corrected chi connectivity index (χ1v) is 4.69. The zero-order chi connectivity index (χ0) is 8.97. The monoisotopic (exact) mass is 170 g/mol. The van der Waals surface area contributed by atoms with Gasteiger partial charge in [0.1, 0.15) is 0 Å². The van der Waals surface area contributed by atoms with E-state index in [0.717, 1.165) is 32.2 Å². The summed E-state index contributed by atoms with van der Waals surface area (Å²) in [5.74, 6) is 1.11. The Morgan fingerprint density at radius 3 is 2.42 bits per heavy atom. The van der Waals surface area contributed by atoms with Crippen molar-refractivity contribution in [3.05, 3.63) is 0 Å². The van der Waals surface area contributed by atoms with Gasteiger partial charge in [0.2, 0.25) is 5.91 Å². The van der Waals surface area contributed by atoms with Crippen molar-refractivity contribution >= 4 is 5.91 Å². The topological polar surface area (TPSA) is 55.1 Å². The van der Waals surface area contributed by atoms with Crippen molar-refractivity contribution in [2.75, 3.05) is 13.6 Å². The zero-order valence-electron chi connectivity index (χ0n) is 7.68. The van der Waals surface area contributed by atoms with E-state index in [1.807, 2.05) is 0 Å². The molecule has 3 heteroatoms. The number of carbonyl (C=O) groups is 1. The van der Waals surface area contributed by atoms with Gasteiger partial charge in [0, 0.05) is 13.0 Å². The third kappa shape index (κ3) is 2.21. The van der Waals surface area contributed by atoms with E-state index in [1.165, 1.54) is 0 Å². The maximum atomic E-state index is 11.2. The van der Waals surface area contributed by atoms with Crippen LogP contribution in [0.5, 0.6) is 0 Å². The van der Waals surface area contributed by atoms with Gasteiger partial charge in [-0.05, 0) is 38.1 Å². The number of carbonyl (C=O) groups excluding carboxylic acids is 1. The predicted octanol–water partition coefficient (Wildman–Crippen LogP) is 0.497. The van der Waals surface area contributed by atoms with Crippen molar-refractivity contribution in [3.8, 4) is 0 Å². The highest BCUT2D eigenvalue weighted by Crippen LogP contribution is 2.27. The SMILES string of the molecule is CNC(=O)[C@H]1CC[C@H](CN)CC1. The molecule has 1 fully saturated rings. The summed E-state index contributed by atoms with van der Waals surface area (Å²) in [6.45, 7) is 0.778. The first-order valence-electron chi connectivity index (χ1n) is 4.69. The van der Waals surface area contributed by atoms with E-state index >= 15 is 0 Å². The number of hydrogen-bond acceptors (Lipinski definition) is 2. The van der Waals surface area contributed by atoms with E-state index in [1.54, 1.807) is 7.05 Å². The molecule has 1 saturated carbocycles. The number of rotatable bonds is 2. The lowest BCUT2D eigenvalue weighted by atomic mass is 9.82. The zero-order valence-corrected chi connectivity index (χ0v) is 7.68. The predicted molar refractivity (Wildman–Crippen MR) is 48.6 cm³/mol. The van der Waals surface area contributed by atoms with Crippen LogP contribution in [0.4, 0.5) is 0 Å². The molecule has 1 amide bonds. The van der Waals surface area contributed by atoms with Crippen molar-refractivity contribution in [2.24, 2.45) is 17.6 Å². The second kappa shape index (κ2) is 4.45. The minimum Gasteiger partial charge on any atom is -0.359 e. The Labute approximate surface area is 73.7 Å². The summed E-state index contributed by atoms with van der Waals surface area (Å²) in [5, 5.41) is 2.70. The Morgan fingerprint density at radius 1 is 1.42 bits per heavy atom. The molecule has 0 aliphatic heterocycles. The Morgan fingerprint density at radius 2 is 2.00 bits per heavy atom. The molecule has 0 radical (unpaired) electrons. The van der Waals surface area contributed by atoms with E-state index in [4.69, 9.17) is 5.73 Å². The van der Waals surface area contributed by atoms with Gasteiger partial charge >= 0.3 is 0 Å². The van der Waals surface area contributed by atoms with Crippen LogP contribution in [-0.4, -0.2) is 19.5 Å². The summed E-state index contributed by atoms with van der Waals surface area (Å²) in [5.41, 5.74) is 5.56. The van der Waals surface area contributed by atoms with Crippen molar-refractivity contribution in [2.45, 2.75) is 25.7 Å². The van der Waals surface area contributed by atoms with Gasteiger partial charge in [0.05, 0.1) is 0 Å². The molecule has 70 valence electrons. The molecule has 0 aromatic heterocycles. The van der Waals surface area contributed by atoms with Gasteiger partial charge in [-0.15, -0.1) is 0 Å². The van der Waals surface area contributed by atoms with Gasteiger partial charge in [0.25, 0.3) is 0 Å². The fraction of sp³-hybridized carbons (Fsp3) is 0.889. The number of nitrogens with two attached hydrogens (primary N) is 1. The number of amides is 1. The van der Waals surface area contributed by atoms with E-state index in [-0.39, 0.29) is 11.8 Å². The maximum absolute atomic E-state index is 11.2. The average molecular weight is 170 g/mol. The maximum Gasteiger partial charge on any atom is 0.222 e. The van der Waals surface area contributed by atoms with Gasteiger partial charge < -0.3 is 11.1 Å². The average Bonchev–Trinajstić information content (AvgIpc) is 2.17. The first-order chi connectivity index (χ1) is 5.77. The molecule has 3 nitrogen and oxygen atoms in total.